The zero-order valence-electron chi connectivity index (χ0n) is 27.7. The maximum atomic E-state index is 9.66. The first-order valence-corrected chi connectivity index (χ1v) is 17.1. The maximum absolute atomic E-state index is 9.66. The Morgan fingerprint density at radius 1 is 0.423 bits per heavy atom. The van der Waals surface area contributed by atoms with E-state index in [0.29, 0.717) is 23.0 Å². The lowest BCUT2D eigenvalue weighted by Gasteiger charge is -2.11. The van der Waals surface area contributed by atoms with E-state index in [2.05, 4.69) is 95.6 Å². The van der Waals surface area contributed by atoms with Gasteiger partial charge in [0.25, 0.3) is 0 Å². The van der Waals surface area contributed by atoms with Gasteiger partial charge in [0, 0.05) is 43.9 Å². The Morgan fingerprint density at radius 3 is 1.83 bits per heavy atom. The van der Waals surface area contributed by atoms with E-state index in [1.807, 2.05) is 78.9 Å². The van der Waals surface area contributed by atoms with Gasteiger partial charge in [0.05, 0.1) is 22.7 Å². The topological polar surface area (TPSA) is 80.5 Å². The highest BCUT2D eigenvalue weighted by molar-refractivity contribution is 6.09. The van der Waals surface area contributed by atoms with E-state index in [-0.39, 0.29) is 0 Å². The number of nitrogens with zero attached hydrogens (tertiary/aromatic N) is 5. The van der Waals surface area contributed by atoms with Crippen LogP contribution in [0.3, 0.4) is 0 Å². The minimum Gasteiger partial charge on any atom is -0.456 e. The number of aromatic nitrogens is 4. The van der Waals surface area contributed by atoms with E-state index in [0.717, 1.165) is 77.2 Å². The molecule has 242 valence electrons. The number of furan rings is 1. The summed E-state index contributed by atoms with van der Waals surface area (Å²) in [5.41, 5.74) is 10.2. The molecule has 0 saturated heterocycles. The van der Waals surface area contributed by atoms with Gasteiger partial charge in [0.2, 0.25) is 0 Å². The van der Waals surface area contributed by atoms with Crippen molar-refractivity contribution < 1.29 is 4.42 Å². The van der Waals surface area contributed by atoms with Crippen molar-refractivity contribution in [3.8, 4) is 57.0 Å². The van der Waals surface area contributed by atoms with Gasteiger partial charge in [-0.15, -0.1) is 0 Å². The number of hydrogen-bond donors (Lipinski definition) is 0. The average molecular weight is 666 g/mol. The van der Waals surface area contributed by atoms with E-state index in [4.69, 9.17) is 19.4 Å². The average Bonchev–Trinajstić information content (AvgIpc) is 3.76. The zero-order valence-corrected chi connectivity index (χ0v) is 27.7. The van der Waals surface area contributed by atoms with Crippen molar-refractivity contribution in [2.75, 3.05) is 0 Å². The van der Waals surface area contributed by atoms with Gasteiger partial charge in [-0.2, -0.15) is 5.26 Å². The SMILES string of the molecule is N#Cc1ccc2c3ccccc3n(-c3cccc(-c4ccc(-c5nc(-c6ccccc6)nc(-c6ccc7c(c6)oc6ccccc67)n5)cc4)c3)c2c1. The largest absolute Gasteiger partial charge is 0.456 e. The van der Waals surface area contributed by atoms with Gasteiger partial charge in [-0.25, -0.2) is 15.0 Å². The number of para-hydroxylation sites is 2. The Balaban J connectivity index is 1.05. The molecule has 0 radical (unpaired) electrons. The Hall–Kier alpha value is -7.36. The first-order chi connectivity index (χ1) is 25.7. The minimum absolute atomic E-state index is 0.578. The van der Waals surface area contributed by atoms with Crippen molar-refractivity contribution in [1.29, 1.82) is 5.26 Å². The quantitative estimate of drug-likeness (QED) is 0.183. The van der Waals surface area contributed by atoms with Crippen LogP contribution < -0.4 is 0 Å². The van der Waals surface area contributed by atoms with Crippen LogP contribution in [0.25, 0.3) is 94.7 Å². The van der Waals surface area contributed by atoms with Gasteiger partial charge in [0.15, 0.2) is 17.5 Å². The van der Waals surface area contributed by atoms with Crippen molar-refractivity contribution in [2.45, 2.75) is 0 Å². The summed E-state index contributed by atoms with van der Waals surface area (Å²) in [5.74, 6) is 1.77. The molecule has 6 heteroatoms. The van der Waals surface area contributed by atoms with Crippen LogP contribution in [0, 0.1) is 11.3 Å². The number of hydrogen-bond acceptors (Lipinski definition) is 5. The normalized spacial score (nSPS) is 11.4. The smallest absolute Gasteiger partial charge is 0.164 e. The molecular formula is C46H27N5O. The van der Waals surface area contributed by atoms with E-state index in [1.165, 1.54) is 0 Å². The molecule has 7 aromatic carbocycles. The molecule has 6 nitrogen and oxygen atoms in total. The molecule has 10 aromatic rings. The van der Waals surface area contributed by atoms with Crippen LogP contribution in [0.1, 0.15) is 5.56 Å². The molecule has 0 fully saturated rings. The molecule has 0 aliphatic carbocycles. The summed E-state index contributed by atoms with van der Waals surface area (Å²) in [6.07, 6.45) is 0. The van der Waals surface area contributed by atoms with Gasteiger partial charge in [0.1, 0.15) is 11.2 Å². The molecule has 3 heterocycles. The van der Waals surface area contributed by atoms with Gasteiger partial charge in [-0.05, 0) is 59.7 Å². The standard InChI is InChI=1S/C46H27N5O/c47-28-29-17-23-37-36-13-4-6-15-40(36)51(41(37)25-29)35-12-8-11-33(26-35)30-18-20-32(21-19-30)45-48-44(31-9-2-1-3-10-31)49-46(50-45)34-22-24-39-38-14-5-7-16-42(38)52-43(39)27-34/h1-27H. The Labute approximate surface area is 298 Å². The van der Waals surface area contributed by atoms with E-state index in [1.54, 1.807) is 0 Å². The Bertz CT molecular complexity index is 3020. The highest BCUT2D eigenvalue weighted by Gasteiger charge is 2.16. The van der Waals surface area contributed by atoms with E-state index in [9.17, 15) is 5.26 Å². The van der Waals surface area contributed by atoms with Crippen LogP contribution >= 0.6 is 0 Å². The van der Waals surface area contributed by atoms with E-state index >= 15 is 0 Å². The lowest BCUT2D eigenvalue weighted by Crippen LogP contribution is -2.00. The molecule has 0 atom stereocenters. The fraction of sp³-hybridized carbons (Fsp3) is 0. The molecule has 10 rings (SSSR count). The predicted molar refractivity (Wildman–Crippen MR) is 208 cm³/mol. The van der Waals surface area contributed by atoms with Crippen molar-refractivity contribution in [3.63, 3.8) is 0 Å². The fourth-order valence-corrected chi connectivity index (χ4v) is 7.17. The fourth-order valence-electron chi connectivity index (χ4n) is 7.17. The molecule has 0 aliphatic rings. The van der Waals surface area contributed by atoms with Gasteiger partial charge in [-0.1, -0.05) is 115 Å². The summed E-state index contributed by atoms with van der Waals surface area (Å²) in [7, 11) is 0. The van der Waals surface area contributed by atoms with Crippen molar-refractivity contribution in [3.05, 3.63) is 169 Å². The second-order valence-corrected chi connectivity index (χ2v) is 12.8. The highest BCUT2D eigenvalue weighted by atomic mass is 16.3. The molecule has 0 N–H and O–H groups in total. The molecular weight excluding hydrogens is 639 g/mol. The summed E-state index contributed by atoms with van der Waals surface area (Å²) in [5, 5.41) is 14.1. The van der Waals surface area contributed by atoms with Crippen LogP contribution in [0.15, 0.2) is 168 Å². The molecule has 0 aliphatic heterocycles. The Morgan fingerprint density at radius 2 is 1.02 bits per heavy atom. The Kier molecular flexibility index (Phi) is 6.76. The molecule has 0 bridgehead atoms. The third-order valence-electron chi connectivity index (χ3n) is 9.69. The molecule has 0 spiro atoms. The summed E-state index contributed by atoms with van der Waals surface area (Å²) >= 11 is 0. The summed E-state index contributed by atoms with van der Waals surface area (Å²) in [6, 6.07) is 57.6. The lowest BCUT2D eigenvalue weighted by atomic mass is 10.0. The monoisotopic (exact) mass is 665 g/mol. The molecule has 3 aromatic heterocycles. The second-order valence-electron chi connectivity index (χ2n) is 12.8. The number of nitriles is 1. The summed E-state index contributed by atoms with van der Waals surface area (Å²) in [4.78, 5) is 14.9. The van der Waals surface area contributed by atoms with Crippen LogP contribution in [0.5, 0.6) is 0 Å². The molecule has 0 amide bonds. The lowest BCUT2D eigenvalue weighted by molar-refractivity contribution is 0.669. The van der Waals surface area contributed by atoms with Gasteiger partial charge in [-0.3, -0.25) is 0 Å². The first kappa shape index (κ1) is 29.5. The summed E-state index contributed by atoms with van der Waals surface area (Å²) in [6.45, 7) is 0. The van der Waals surface area contributed by atoms with Gasteiger partial charge >= 0.3 is 0 Å². The van der Waals surface area contributed by atoms with Crippen LogP contribution in [0.2, 0.25) is 0 Å². The van der Waals surface area contributed by atoms with Crippen molar-refractivity contribution in [1.82, 2.24) is 19.5 Å². The van der Waals surface area contributed by atoms with Crippen LogP contribution in [-0.2, 0) is 0 Å². The van der Waals surface area contributed by atoms with Gasteiger partial charge < -0.3 is 8.98 Å². The highest BCUT2D eigenvalue weighted by Crippen LogP contribution is 2.35. The van der Waals surface area contributed by atoms with Crippen molar-refractivity contribution >= 4 is 43.7 Å². The summed E-state index contributed by atoms with van der Waals surface area (Å²) < 4.78 is 8.44. The number of benzene rings is 7. The minimum atomic E-state index is 0.578. The third kappa shape index (κ3) is 4.92. The molecule has 0 saturated carbocycles. The number of fused-ring (bicyclic) bond motifs is 6. The van der Waals surface area contributed by atoms with Crippen LogP contribution in [-0.4, -0.2) is 19.5 Å². The predicted octanol–water partition coefficient (Wildman–Crippen LogP) is 11.4. The number of rotatable bonds is 5. The zero-order chi connectivity index (χ0) is 34.6. The second kappa shape index (κ2) is 11.9. The maximum Gasteiger partial charge on any atom is 0.164 e. The third-order valence-corrected chi connectivity index (χ3v) is 9.69. The van der Waals surface area contributed by atoms with Crippen LogP contribution in [0.4, 0.5) is 0 Å². The van der Waals surface area contributed by atoms with E-state index < -0.39 is 0 Å². The first-order valence-electron chi connectivity index (χ1n) is 17.1. The molecule has 0 unspecified atom stereocenters. The van der Waals surface area contributed by atoms with Crippen molar-refractivity contribution in [2.24, 2.45) is 0 Å². The molecule has 52 heavy (non-hydrogen) atoms.